The highest BCUT2D eigenvalue weighted by atomic mass is 32.1. The third-order valence-electron chi connectivity index (χ3n) is 5.67. The Labute approximate surface area is 228 Å². The average Bonchev–Trinajstić information content (AvgIpc) is 3.20. The number of likely N-dealkylation sites (N-methyl/N-ethyl adjacent to an activating group) is 1. The van der Waals surface area contributed by atoms with Gasteiger partial charge in [-0.05, 0) is 57.4 Å². The van der Waals surface area contributed by atoms with E-state index in [4.69, 9.17) is 17.0 Å². The fraction of sp³-hybridized carbons (Fsp3) is 0.375. The molecule has 2 N–H and O–H groups in total. The maximum atomic E-state index is 14.1. The van der Waals surface area contributed by atoms with Gasteiger partial charge in [-0.3, -0.25) is 9.47 Å². The van der Waals surface area contributed by atoms with Crippen LogP contribution in [0.2, 0.25) is 0 Å². The molecule has 0 bridgehead atoms. The van der Waals surface area contributed by atoms with Crippen LogP contribution in [0.4, 0.5) is 41.3 Å². The minimum absolute atomic E-state index is 0.108. The Hall–Kier alpha value is -3.50. The second kappa shape index (κ2) is 11.9. The largest absolute Gasteiger partial charge is 0.421 e. The molecule has 0 aliphatic carbocycles. The molecule has 218 valence electrons. The summed E-state index contributed by atoms with van der Waals surface area (Å²) in [5, 5.41) is 12.8. The van der Waals surface area contributed by atoms with Crippen LogP contribution in [0, 0.1) is 17.5 Å². The van der Waals surface area contributed by atoms with E-state index in [-0.39, 0.29) is 42.0 Å². The van der Waals surface area contributed by atoms with Crippen LogP contribution in [0.3, 0.4) is 0 Å². The third kappa shape index (κ3) is 6.79. The molecular weight excluding hydrogens is 571 g/mol. The van der Waals surface area contributed by atoms with Gasteiger partial charge in [-0.2, -0.15) is 26.3 Å². The zero-order valence-corrected chi connectivity index (χ0v) is 22.1. The van der Waals surface area contributed by atoms with Crippen molar-refractivity contribution >= 4 is 24.1 Å². The van der Waals surface area contributed by atoms with Gasteiger partial charge < -0.3 is 19.7 Å². The smallest absolute Gasteiger partial charge is 0.407 e. The Morgan fingerprint density at radius 2 is 1.85 bits per heavy atom. The van der Waals surface area contributed by atoms with Crippen molar-refractivity contribution in [1.82, 2.24) is 19.4 Å². The lowest BCUT2D eigenvalue weighted by Gasteiger charge is -2.23. The van der Waals surface area contributed by atoms with E-state index in [0.29, 0.717) is 6.07 Å². The van der Waals surface area contributed by atoms with Crippen molar-refractivity contribution in [3.63, 3.8) is 0 Å². The standard InChI is InChI=1S/C24H24F7N5O3S/c1-4-35(19-6-5-17(25)13(2)33-19)22(38)39-20-16(24(29,30)31)9-14(23(26,27)28)10-18(20)36-8-7-34(21(36)40)12-15(37)11-32-3/h5-10,15,32,37H,4,11-12H2,1-3H3. The molecule has 0 spiro atoms. The second-order valence-electron chi connectivity index (χ2n) is 8.53. The fourth-order valence-electron chi connectivity index (χ4n) is 3.74. The summed E-state index contributed by atoms with van der Waals surface area (Å²) in [7, 11) is 1.57. The second-order valence-corrected chi connectivity index (χ2v) is 8.90. The lowest BCUT2D eigenvalue weighted by atomic mass is 10.1. The lowest BCUT2D eigenvalue weighted by molar-refractivity contribution is -0.143. The van der Waals surface area contributed by atoms with Crippen molar-refractivity contribution in [2.45, 2.75) is 38.8 Å². The first kappa shape index (κ1) is 31.0. The van der Waals surface area contributed by atoms with E-state index >= 15 is 0 Å². The first-order chi connectivity index (χ1) is 18.6. The number of aryl methyl sites for hydroxylation is 1. The number of pyridine rings is 1. The molecule has 0 saturated heterocycles. The molecule has 0 saturated carbocycles. The number of rotatable bonds is 8. The van der Waals surface area contributed by atoms with E-state index in [1.165, 1.54) is 24.6 Å². The Bertz CT molecular complexity index is 1440. The first-order valence-corrected chi connectivity index (χ1v) is 12.0. The number of aromatic nitrogens is 3. The summed E-state index contributed by atoms with van der Waals surface area (Å²) in [6.45, 7) is 2.54. The molecule has 2 heterocycles. The normalized spacial score (nSPS) is 12.9. The SMILES string of the molecule is CCN(C(=O)Oc1c(-n2ccn(CC(O)CNC)c2=S)cc(C(F)(F)F)cc1C(F)(F)F)c1ccc(F)c(C)n1. The first-order valence-electron chi connectivity index (χ1n) is 11.6. The van der Waals surface area contributed by atoms with Crippen LogP contribution >= 0.6 is 12.2 Å². The maximum absolute atomic E-state index is 14.1. The molecule has 3 aromatic rings. The van der Waals surface area contributed by atoms with Crippen LogP contribution in [0.25, 0.3) is 5.69 Å². The molecule has 1 unspecified atom stereocenters. The minimum atomic E-state index is -5.39. The molecule has 0 aliphatic heterocycles. The number of anilines is 1. The number of alkyl halides is 6. The molecule has 1 amide bonds. The van der Waals surface area contributed by atoms with Crippen LogP contribution in [0.5, 0.6) is 5.75 Å². The zero-order valence-electron chi connectivity index (χ0n) is 21.3. The van der Waals surface area contributed by atoms with Gasteiger partial charge in [-0.15, -0.1) is 0 Å². The van der Waals surface area contributed by atoms with Gasteiger partial charge in [0, 0.05) is 25.5 Å². The van der Waals surface area contributed by atoms with E-state index in [2.05, 4.69) is 10.3 Å². The summed E-state index contributed by atoms with van der Waals surface area (Å²) < 4.78 is 104. The number of nitrogens with one attached hydrogen (secondary N) is 1. The molecule has 2 aromatic heterocycles. The number of imidazole rings is 1. The number of hydrogen-bond acceptors (Lipinski definition) is 6. The summed E-state index contributed by atoms with van der Waals surface area (Å²) in [5.74, 6) is -2.10. The highest BCUT2D eigenvalue weighted by molar-refractivity contribution is 7.71. The van der Waals surface area contributed by atoms with Gasteiger partial charge in [-0.25, -0.2) is 14.2 Å². The van der Waals surface area contributed by atoms with Gasteiger partial charge in [0.15, 0.2) is 10.5 Å². The molecule has 0 aliphatic rings. The number of nitrogens with zero attached hydrogens (tertiary/aromatic N) is 4. The van der Waals surface area contributed by atoms with E-state index in [1.54, 1.807) is 7.05 Å². The summed E-state index contributed by atoms with van der Waals surface area (Å²) in [4.78, 5) is 17.8. The van der Waals surface area contributed by atoms with Crippen LogP contribution in [-0.4, -0.2) is 51.6 Å². The van der Waals surface area contributed by atoms with E-state index in [1.807, 2.05) is 0 Å². The van der Waals surface area contributed by atoms with Crippen LogP contribution in [0.15, 0.2) is 36.7 Å². The van der Waals surface area contributed by atoms with Crippen LogP contribution in [0.1, 0.15) is 23.7 Å². The molecule has 0 fully saturated rings. The Morgan fingerprint density at radius 1 is 1.18 bits per heavy atom. The number of hydrogen-bond donors (Lipinski definition) is 2. The van der Waals surface area contributed by atoms with E-state index in [9.17, 15) is 40.6 Å². The zero-order chi connectivity index (χ0) is 30.0. The maximum Gasteiger partial charge on any atom is 0.421 e. The molecule has 40 heavy (non-hydrogen) atoms. The Balaban J connectivity index is 2.22. The van der Waals surface area contributed by atoms with Gasteiger partial charge >= 0.3 is 18.4 Å². The number of carbonyl (C=O) groups excluding carboxylic acids is 1. The van der Waals surface area contributed by atoms with Gasteiger partial charge in [-0.1, -0.05) is 0 Å². The summed E-state index contributed by atoms with van der Waals surface area (Å²) in [5.41, 5.74) is -4.47. The molecule has 16 heteroatoms. The molecule has 0 radical (unpaired) electrons. The Morgan fingerprint density at radius 3 is 2.40 bits per heavy atom. The van der Waals surface area contributed by atoms with Gasteiger partial charge in [0.1, 0.15) is 17.2 Å². The average molecular weight is 596 g/mol. The van der Waals surface area contributed by atoms with Crippen molar-refractivity contribution in [1.29, 1.82) is 0 Å². The van der Waals surface area contributed by atoms with Crippen molar-refractivity contribution in [3.05, 3.63) is 64.1 Å². The fourth-order valence-corrected chi connectivity index (χ4v) is 4.04. The van der Waals surface area contributed by atoms with Crippen LogP contribution < -0.4 is 15.0 Å². The highest BCUT2D eigenvalue weighted by Gasteiger charge is 2.42. The molecule has 8 nitrogen and oxygen atoms in total. The highest BCUT2D eigenvalue weighted by Crippen LogP contribution is 2.44. The van der Waals surface area contributed by atoms with Crippen molar-refractivity contribution in [3.8, 4) is 11.4 Å². The van der Waals surface area contributed by atoms with Gasteiger partial charge in [0.25, 0.3) is 0 Å². The molecule has 1 aromatic carbocycles. The van der Waals surface area contributed by atoms with Crippen molar-refractivity contribution in [2.75, 3.05) is 25.0 Å². The molecule has 3 rings (SSSR count). The lowest BCUT2D eigenvalue weighted by Crippen LogP contribution is -2.35. The third-order valence-corrected chi connectivity index (χ3v) is 6.10. The summed E-state index contributed by atoms with van der Waals surface area (Å²) in [6, 6.07) is 2.29. The van der Waals surface area contributed by atoms with Crippen LogP contribution in [-0.2, 0) is 18.9 Å². The topological polar surface area (TPSA) is 84.5 Å². The number of aliphatic hydroxyl groups is 1. The quantitative estimate of drug-likeness (QED) is 0.265. The minimum Gasteiger partial charge on any atom is -0.407 e. The summed E-state index contributed by atoms with van der Waals surface area (Å²) >= 11 is 5.27. The number of amides is 1. The number of halogens is 7. The number of aliphatic hydroxyl groups excluding tert-OH is 1. The number of carbonyl (C=O) groups is 1. The van der Waals surface area contributed by atoms with Gasteiger partial charge in [0.05, 0.1) is 29.6 Å². The predicted octanol–water partition coefficient (Wildman–Crippen LogP) is 5.49. The summed E-state index contributed by atoms with van der Waals surface area (Å²) in [6.07, 6.45) is -10.6. The van der Waals surface area contributed by atoms with E-state index < -0.39 is 52.9 Å². The van der Waals surface area contributed by atoms with Crippen molar-refractivity contribution < 1.29 is 45.4 Å². The number of benzene rings is 1. The predicted molar refractivity (Wildman–Crippen MR) is 133 cm³/mol. The molecular formula is C24H24F7N5O3S. The Kier molecular flexibility index (Phi) is 9.26. The van der Waals surface area contributed by atoms with Crippen molar-refractivity contribution in [2.24, 2.45) is 0 Å². The molecule has 1 atom stereocenters. The number of ether oxygens (including phenoxy) is 1. The van der Waals surface area contributed by atoms with Gasteiger partial charge in [0.2, 0.25) is 0 Å². The van der Waals surface area contributed by atoms with E-state index in [0.717, 1.165) is 27.8 Å². The monoisotopic (exact) mass is 595 g/mol.